The summed E-state index contributed by atoms with van der Waals surface area (Å²) in [6, 6.07) is 3.75. The van der Waals surface area contributed by atoms with Crippen molar-refractivity contribution in [3.05, 3.63) is 24.2 Å². The highest BCUT2D eigenvalue weighted by Gasteiger charge is 2.29. The standard InChI is InChI=1S/C14H22N2O4S/c1-21(18,19)16-9-3-5-12(11-16)14(17)15-8-2-6-13-7-4-10-20-13/h4,7,10,12H,2-3,5-6,8-9,11H2,1H3,(H,15,17). The number of carbonyl (C=O) groups excluding carboxylic acids is 1. The van der Waals surface area contributed by atoms with Crippen molar-refractivity contribution in [2.75, 3.05) is 25.9 Å². The maximum Gasteiger partial charge on any atom is 0.224 e. The third-order valence-corrected chi connectivity index (χ3v) is 4.97. The molecule has 1 atom stereocenters. The number of nitrogens with zero attached hydrogens (tertiary/aromatic N) is 1. The highest BCUT2D eigenvalue weighted by Crippen LogP contribution is 2.18. The van der Waals surface area contributed by atoms with Crippen LogP contribution in [0.1, 0.15) is 25.0 Å². The number of sulfonamides is 1. The van der Waals surface area contributed by atoms with Gasteiger partial charge in [-0.25, -0.2) is 12.7 Å². The normalized spacial score (nSPS) is 20.3. The fraction of sp³-hybridized carbons (Fsp3) is 0.643. The molecule has 1 N–H and O–H groups in total. The predicted molar refractivity (Wildman–Crippen MR) is 79.2 cm³/mol. The molecule has 0 bridgehead atoms. The number of nitrogens with one attached hydrogen (secondary N) is 1. The monoisotopic (exact) mass is 314 g/mol. The van der Waals surface area contributed by atoms with E-state index in [1.165, 1.54) is 10.6 Å². The average molecular weight is 314 g/mol. The van der Waals surface area contributed by atoms with Gasteiger partial charge in [0.2, 0.25) is 15.9 Å². The van der Waals surface area contributed by atoms with Crippen molar-refractivity contribution in [2.24, 2.45) is 5.92 Å². The van der Waals surface area contributed by atoms with Crippen molar-refractivity contribution in [2.45, 2.75) is 25.7 Å². The zero-order chi connectivity index (χ0) is 15.3. The molecule has 1 amide bonds. The first-order valence-corrected chi connectivity index (χ1v) is 9.07. The molecule has 0 radical (unpaired) electrons. The predicted octanol–water partition coefficient (Wildman–Crippen LogP) is 1.00. The summed E-state index contributed by atoms with van der Waals surface area (Å²) in [5.41, 5.74) is 0. The molecule has 1 unspecified atom stereocenters. The van der Waals surface area contributed by atoms with Gasteiger partial charge in [-0.2, -0.15) is 0 Å². The zero-order valence-electron chi connectivity index (χ0n) is 12.2. The van der Waals surface area contributed by atoms with Crippen LogP contribution in [0.4, 0.5) is 0 Å². The first-order valence-electron chi connectivity index (χ1n) is 7.22. The van der Waals surface area contributed by atoms with E-state index in [9.17, 15) is 13.2 Å². The second-order valence-corrected chi connectivity index (χ2v) is 7.42. The number of amides is 1. The molecule has 7 heteroatoms. The van der Waals surface area contributed by atoms with Crippen molar-refractivity contribution in [3.63, 3.8) is 0 Å². The number of carbonyl (C=O) groups is 1. The first kappa shape index (κ1) is 16.0. The van der Waals surface area contributed by atoms with Gasteiger partial charge in [0.25, 0.3) is 0 Å². The lowest BCUT2D eigenvalue weighted by atomic mass is 9.99. The van der Waals surface area contributed by atoms with Crippen LogP contribution < -0.4 is 5.32 Å². The molecular formula is C14H22N2O4S. The van der Waals surface area contributed by atoms with E-state index in [0.717, 1.165) is 31.4 Å². The Balaban J connectivity index is 1.72. The molecule has 1 aromatic rings. The van der Waals surface area contributed by atoms with Gasteiger partial charge in [-0.05, 0) is 31.4 Å². The van der Waals surface area contributed by atoms with Gasteiger partial charge in [-0.15, -0.1) is 0 Å². The van der Waals surface area contributed by atoms with E-state index in [2.05, 4.69) is 5.32 Å². The second kappa shape index (κ2) is 7.09. The lowest BCUT2D eigenvalue weighted by Gasteiger charge is -2.30. The average Bonchev–Trinajstić information content (AvgIpc) is 2.96. The number of rotatable bonds is 6. The Bertz CT molecular complexity index is 554. The quantitative estimate of drug-likeness (QED) is 0.795. The number of piperidine rings is 1. The second-order valence-electron chi connectivity index (χ2n) is 5.43. The van der Waals surface area contributed by atoms with Gasteiger partial charge in [0, 0.05) is 26.1 Å². The van der Waals surface area contributed by atoms with E-state index >= 15 is 0 Å². The Morgan fingerprint density at radius 1 is 1.52 bits per heavy atom. The molecule has 0 aliphatic carbocycles. The molecule has 1 fully saturated rings. The van der Waals surface area contributed by atoms with Crippen LogP contribution in [-0.2, 0) is 21.2 Å². The fourth-order valence-electron chi connectivity index (χ4n) is 2.53. The summed E-state index contributed by atoms with van der Waals surface area (Å²) in [4.78, 5) is 12.1. The summed E-state index contributed by atoms with van der Waals surface area (Å²) in [7, 11) is -3.21. The molecule has 118 valence electrons. The highest BCUT2D eigenvalue weighted by atomic mass is 32.2. The highest BCUT2D eigenvalue weighted by molar-refractivity contribution is 7.88. The Morgan fingerprint density at radius 3 is 3.00 bits per heavy atom. The Labute approximate surface area is 125 Å². The van der Waals surface area contributed by atoms with Crippen molar-refractivity contribution < 1.29 is 17.6 Å². The number of hydrogen-bond donors (Lipinski definition) is 1. The van der Waals surface area contributed by atoms with Crippen LogP contribution in [0.2, 0.25) is 0 Å². The van der Waals surface area contributed by atoms with Crippen LogP contribution in [0.3, 0.4) is 0 Å². The fourth-order valence-corrected chi connectivity index (χ4v) is 3.44. The van der Waals surface area contributed by atoms with Gasteiger partial charge in [0.15, 0.2) is 0 Å². The minimum Gasteiger partial charge on any atom is -0.469 e. The van der Waals surface area contributed by atoms with Gasteiger partial charge < -0.3 is 9.73 Å². The maximum atomic E-state index is 12.1. The molecule has 1 saturated heterocycles. The Kier molecular flexibility index (Phi) is 5.41. The molecule has 1 aromatic heterocycles. The lowest BCUT2D eigenvalue weighted by Crippen LogP contribution is -2.45. The van der Waals surface area contributed by atoms with Crippen LogP contribution in [0.5, 0.6) is 0 Å². The van der Waals surface area contributed by atoms with E-state index < -0.39 is 10.0 Å². The van der Waals surface area contributed by atoms with Crippen molar-refractivity contribution in [1.82, 2.24) is 9.62 Å². The minimum atomic E-state index is -3.21. The molecule has 21 heavy (non-hydrogen) atoms. The van der Waals surface area contributed by atoms with Crippen molar-refractivity contribution in [1.29, 1.82) is 0 Å². The number of furan rings is 1. The zero-order valence-corrected chi connectivity index (χ0v) is 13.1. The molecule has 6 nitrogen and oxygen atoms in total. The Morgan fingerprint density at radius 2 is 2.33 bits per heavy atom. The van der Waals surface area contributed by atoms with E-state index in [1.807, 2.05) is 12.1 Å². The first-order chi connectivity index (χ1) is 9.97. The van der Waals surface area contributed by atoms with E-state index in [4.69, 9.17) is 4.42 Å². The molecule has 2 rings (SSSR count). The molecule has 1 aliphatic rings. The van der Waals surface area contributed by atoms with Crippen LogP contribution in [0.25, 0.3) is 0 Å². The Hall–Kier alpha value is -1.34. The smallest absolute Gasteiger partial charge is 0.224 e. The SMILES string of the molecule is CS(=O)(=O)N1CCCC(C(=O)NCCCc2ccco2)C1. The third-order valence-electron chi connectivity index (χ3n) is 3.70. The molecule has 1 aliphatic heterocycles. The van der Waals surface area contributed by atoms with E-state index in [-0.39, 0.29) is 11.8 Å². The maximum absolute atomic E-state index is 12.1. The van der Waals surface area contributed by atoms with E-state index in [0.29, 0.717) is 19.6 Å². The summed E-state index contributed by atoms with van der Waals surface area (Å²) in [5, 5.41) is 2.88. The third kappa shape index (κ3) is 4.86. The van der Waals surface area contributed by atoms with Crippen LogP contribution in [0, 0.1) is 5.92 Å². The molecule has 0 saturated carbocycles. The number of hydrogen-bond acceptors (Lipinski definition) is 4. The van der Waals surface area contributed by atoms with Gasteiger partial charge in [0.05, 0.1) is 18.4 Å². The van der Waals surface area contributed by atoms with Gasteiger partial charge >= 0.3 is 0 Å². The number of aryl methyl sites for hydroxylation is 1. The van der Waals surface area contributed by atoms with Crippen molar-refractivity contribution >= 4 is 15.9 Å². The molecule has 0 spiro atoms. The van der Waals surface area contributed by atoms with Crippen LogP contribution >= 0.6 is 0 Å². The molecule has 0 aromatic carbocycles. The van der Waals surface area contributed by atoms with Crippen molar-refractivity contribution in [3.8, 4) is 0 Å². The van der Waals surface area contributed by atoms with Gasteiger partial charge in [-0.1, -0.05) is 0 Å². The molecule has 2 heterocycles. The topological polar surface area (TPSA) is 79.6 Å². The van der Waals surface area contributed by atoms with Gasteiger partial charge in [-0.3, -0.25) is 4.79 Å². The van der Waals surface area contributed by atoms with E-state index in [1.54, 1.807) is 6.26 Å². The summed E-state index contributed by atoms with van der Waals surface area (Å²) in [5.74, 6) is 0.616. The summed E-state index contributed by atoms with van der Waals surface area (Å²) < 4.78 is 29.7. The molecular weight excluding hydrogens is 292 g/mol. The lowest BCUT2D eigenvalue weighted by molar-refractivity contribution is -0.126. The van der Waals surface area contributed by atoms with Gasteiger partial charge in [0.1, 0.15) is 5.76 Å². The van der Waals surface area contributed by atoms with Crippen LogP contribution in [-0.4, -0.2) is 44.5 Å². The minimum absolute atomic E-state index is 0.0530. The largest absolute Gasteiger partial charge is 0.469 e. The summed E-state index contributed by atoms with van der Waals surface area (Å²) in [6.45, 7) is 1.39. The summed E-state index contributed by atoms with van der Waals surface area (Å²) in [6.07, 6.45) is 5.90. The van der Waals surface area contributed by atoms with Crippen LogP contribution in [0.15, 0.2) is 22.8 Å². The summed E-state index contributed by atoms with van der Waals surface area (Å²) >= 11 is 0.